The first-order chi connectivity index (χ1) is 10.9. The van der Waals surface area contributed by atoms with Crippen LogP contribution >= 0.6 is 15.9 Å². The van der Waals surface area contributed by atoms with Crippen molar-refractivity contribution in [1.29, 1.82) is 0 Å². The van der Waals surface area contributed by atoms with E-state index in [-0.39, 0.29) is 36.7 Å². The minimum Gasteiger partial charge on any atom is -0.481 e. The predicted octanol–water partition coefficient (Wildman–Crippen LogP) is 2.61. The smallest absolute Gasteiger partial charge is 0.305 e. The van der Waals surface area contributed by atoms with Crippen molar-refractivity contribution >= 4 is 27.8 Å². The number of methoxy groups -OCH3 is 1. The second-order valence-electron chi connectivity index (χ2n) is 5.63. The molecule has 2 atom stereocenters. The van der Waals surface area contributed by atoms with Crippen LogP contribution in [-0.2, 0) is 20.7 Å². The number of hydrogen-bond donors (Lipinski definition) is 1. The number of ether oxygens (including phenoxy) is 1. The van der Waals surface area contributed by atoms with Crippen molar-refractivity contribution in [2.75, 3.05) is 13.7 Å². The van der Waals surface area contributed by atoms with Crippen LogP contribution in [-0.4, -0.2) is 47.7 Å². The Hall–Kier alpha value is -1.47. The van der Waals surface area contributed by atoms with E-state index in [1.165, 1.54) is 12.1 Å². The maximum atomic E-state index is 13.3. The van der Waals surface area contributed by atoms with Crippen LogP contribution in [0.15, 0.2) is 22.7 Å². The lowest BCUT2D eigenvalue weighted by molar-refractivity contribution is -0.139. The maximum Gasteiger partial charge on any atom is 0.305 e. The molecule has 0 aliphatic carbocycles. The Labute approximate surface area is 142 Å². The molecule has 1 aliphatic heterocycles. The SMILES string of the molecule is COC1CC(CC(=O)O)N(C(=O)CCc2cc(F)ccc2Br)C1. The van der Waals surface area contributed by atoms with Gasteiger partial charge in [0, 0.05) is 30.6 Å². The summed E-state index contributed by atoms with van der Waals surface area (Å²) in [5.74, 6) is -1.41. The van der Waals surface area contributed by atoms with E-state index in [1.807, 2.05) is 0 Å². The first-order valence-corrected chi connectivity index (χ1v) is 8.18. The number of carboxylic acids is 1. The van der Waals surface area contributed by atoms with Gasteiger partial charge in [-0.15, -0.1) is 0 Å². The number of benzene rings is 1. The summed E-state index contributed by atoms with van der Waals surface area (Å²) >= 11 is 3.34. The topological polar surface area (TPSA) is 66.8 Å². The molecule has 1 saturated heterocycles. The molecule has 0 aromatic heterocycles. The predicted molar refractivity (Wildman–Crippen MR) is 85.6 cm³/mol. The molecule has 5 nitrogen and oxygen atoms in total. The average Bonchev–Trinajstić information content (AvgIpc) is 2.90. The number of carbonyl (C=O) groups is 2. The van der Waals surface area contributed by atoms with E-state index in [9.17, 15) is 14.0 Å². The van der Waals surface area contributed by atoms with Gasteiger partial charge in [0.1, 0.15) is 5.82 Å². The van der Waals surface area contributed by atoms with Crippen LogP contribution in [0.1, 0.15) is 24.8 Å². The Morgan fingerprint density at radius 3 is 2.87 bits per heavy atom. The number of halogens is 2. The number of carboxylic acid groups (broad SMARTS) is 1. The molecule has 1 aromatic rings. The van der Waals surface area contributed by atoms with Crippen molar-refractivity contribution < 1.29 is 23.8 Å². The second kappa shape index (κ2) is 7.88. The Kier molecular flexibility index (Phi) is 6.12. The summed E-state index contributed by atoms with van der Waals surface area (Å²) in [4.78, 5) is 25.0. The van der Waals surface area contributed by atoms with Crippen LogP contribution < -0.4 is 0 Å². The maximum absolute atomic E-state index is 13.3. The Balaban J connectivity index is 2.00. The molecule has 2 rings (SSSR count). The number of nitrogens with zero attached hydrogens (tertiary/aromatic N) is 1. The highest BCUT2D eigenvalue weighted by molar-refractivity contribution is 9.10. The summed E-state index contributed by atoms with van der Waals surface area (Å²) in [7, 11) is 1.56. The monoisotopic (exact) mass is 387 g/mol. The van der Waals surface area contributed by atoms with E-state index in [0.29, 0.717) is 19.4 Å². The second-order valence-corrected chi connectivity index (χ2v) is 6.48. The normalized spacial score (nSPS) is 20.7. The molecule has 0 spiro atoms. The molecule has 0 radical (unpaired) electrons. The molecular formula is C16H19BrFNO4. The quantitative estimate of drug-likeness (QED) is 0.814. The van der Waals surface area contributed by atoms with Crippen molar-refractivity contribution in [1.82, 2.24) is 4.90 Å². The highest BCUT2D eigenvalue weighted by Crippen LogP contribution is 2.25. The molecule has 0 saturated carbocycles. The first-order valence-electron chi connectivity index (χ1n) is 7.38. The zero-order valence-electron chi connectivity index (χ0n) is 12.8. The van der Waals surface area contributed by atoms with Crippen LogP contribution in [0.25, 0.3) is 0 Å². The highest BCUT2D eigenvalue weighted by Gasteiger charge is 2.36. The number of aliphatic carboxylic acids is 1. The lowest BCUT2D eigenvalue weighted by atomic mass is 10.1. The van der Waals surface area contributed by atoms with E-state index >= 15 is 0 Å². The van der Waals surface area contributed by atoms with Crippen LogP contribution in [0, 0.1) is 5.82 Å². The standard InChI is InChI=1S/C16H19BrFNO4/c1-23-13-7-12(8-16(21)22)19(9-13)15(20)5-2-10-6-11(18)3-4-14(10)17/h3-4,6,12-13H,2,5,7-9H2,1H3,(H,21,22). The number of likely N-dealkylation sites (tertiary alicyclic amines) is 1. The van der Waals surface area contributed by atoms with Gasteiger partial charge < -0.3 is 14.7 Å². The molecular weight excluding hydrogens is 369 g/mol. The summed E-state index contributed by atoms with van der Waals surface area (Å²) in [6.45, 7) is 0.400. The van der Waals surface area contributed by atoms with Gasteiger partial charge in [-0.1, -0.05) is 15.9 Å². The van der Waals surface area contributed by atoms with Crippen LogP contribution in [0.5, 0.6) is 0 Å². The van der Waals surface area contributed by atoms with Crippen molar-refractivity contribution in [3.8, 4) is 0 Å². The number of amides is 1. The van der Waals surface area contributed by atoms with Gasteiger partial charge in [-0.2, -0.15) is 0 Å². The van der Waals surface area contributed by atoms with Gasteiger partial charge in [0.05, 0.1) is 12.5 Å². The minimum atomic E-state index is -0.933. The van der Waals surface area contributed by atoms with E-state index in [4.69, 9.17) is 9.84 Å². The third kappa shape index (κ3) is 4.75. The largest absolute Gasteiger partial charge is 0.481 e. The number of hydrogen-bond acceptors (Lipinski definition) is 3. The van der Waals surface area contributed by atoms with Gasteiger partial charge in [0.15, 0.2) is 0 Å². The molecule has 7 heteroatoms. The molecule has 23 heavy (non-hydrogen) atoms. The van der Waals surface area contributed by atoms with Crippen molar-refractivity contribution in [3.05, 3.63) is 34.1 Å². The lowest BCUT2D eigenvalue weighted by Crippen LogP contribution is -2.37. The molecule has 1 N–H and O–H groups in total. The fraction of sp³-hybridized carbons (Fsp3) is 0.500. The third-order valence-corrected chi connectivity index (χ3v) is 4.83. The summed E-state index contributed by atoms with van der Waals surface area (Å²) in [5, 5.41) is 8.98. The number of aryl methyl sites for hydroxylation is 1. The molecule has 1 aromatic carbocycles. The van der Waals surface area contributed by atoms with Gasteiger partial charge in [0.25, 0.3) is 0 Å². The first kappa shape index (κ1) is 17.9. The third-order valence-electron chi connectivity index (χ3n) is 4.06. The number of rotatable bonds is 6. The molecule has 1 fully saturated rings. The van der Waals surface area contributed by atoms with E-state index in [1.54, 1.807) is 18.1 Å². The molecule has 2 unspecified atom stereocenters. The van der Waals surface area contributed by atoms with Crippen molar-refractivity contribution in [2.45, 2.75) is 37.8 Å². The highest BCUT2D eigenvalue weighted by atomic mass is 79.9. The van der Waals surface area contributed by atoms with Crippen LogP contribution in [0.3, 0.4) is 0 Å². The lowest BCUT2D eigenvalue weighted by Gasteiger charge is -2.23. The Bertz CT molecular complexity index is 595. The van der Waals surface area contributed by atoms with E-state index < -0.39 is 5.97 Å². The summed E-state index contributed by atoms with van der Waals surface area (Å²) in [5.41, 5.74) is 0.718. The molecule has 126 valence electrons. The summed E-state index contributed by atoms with van der Waals surface area (Å²) in [6, 6.07) is 4.01. The average molecular weight is 388 g/mol. The number of carbonyl (C=O) groups excluding carboxylic acids is 1. The van der Waals surface area contributed by atoms with Gasteiger partial charge in [-0.25, -0.2) is 4.39 Å². The minimum absolute atomic E-state index is 0.0880. The van der Waals surface area contributed by atoms with Gasteiger partial charge in [-0.05, 0) is 36.6 Å². The fourth-order valence-electron chi connectivity index (χ4n) is 2.87. The Morgan fingerprint density at radius 2 is 2.22 bits per heavy atom. The van der Waals surface area contributed by atoms with Crippen molar-refractivity contribution in [3.63, 3.8) is 0 Å². The van der Waals surface area contributed by atoms with Gasteiger partial charge in [0.2, 0.25) is 5.91 Å². The van der Waals surface area contributed by atoms with E-state index in [2.05, 4.69) is 15.9 Å². The van der Waals surface area contributed by atoms with Gasteiger partial charge in [-0.3, -0.25) is 9.59 Å². The molecule has 1 aliphatic rings. The summed E-state index contributed by atoms with van der Waals surface area (Å²) < 4.78 is 19.3. The van der Waals surface area contributed by atoms with Crippen molar-refractivity contribution in [2.24, 2.45) is 0 Å². The fourth-order valence-corrected chi connectivity index (χ4v) is 3.31. The molecule has 0 bridgehead atoms. The van der Waals surface area contributed by atoms with Crippen LogP contribution in [0.2, 0.25) is 0 Å². The summed E-state index contributed by atoms with van der Waals surface area (Å²) in [6.07, 6.45) is 0.900. The van der Waals surface area contributed by atoms with E-state index in [0.717, 1.165) is 10.0 Å². The zero-order chi connectivity index (χ0) is 17.0. The molecule has 1 heterocycles. The molecule has 1 amide bonds. The zero-order valence-corrected chi connectivity index (χ0v) is 14.4. The van der Waals surface area contributed by atoms with Crippen LogP contribution in [0.4, 0.5) is 4.39 Å². The van der Waals surface area contributed by atoms with Gasteiger partial charge >= 0.3 is 5.97 Å². The Morgan fingerprint density at radius 1 is 1.48 bits per heavy atom.